The van der Waals surface area contributed by atoms with E-state index in [0.29, 0.717) is 23.5 Å². The second-order valence-electron chi connectivity index (χ2n) is 3.86. The summed E-state index contributed by atoms with van der Waals surface area (Å²) in [4.78, 5) is 15.0. The molecule has 0 bridgehead atoms. The number of carbonyl (C=O) groups is 1. The molecule has 0 saturated carbocycles. The van der Waals surface area contributed by atoms with Crippen molar-refractivity contribution in [2.24, 2.45) is 0 Å². The standard InChI is InChI=1S/C12H13N3O2/c1-8-11(12(16)17)9(2)15(14-8)7-10-3-5-13-6-4-10/h3-6H,7H2,1-2H3,(H,16,17). The molecule has 0 aliphatic heterocycles. The van der Waals surface area contributed by atoms with Crippen LogP contribution in [0.15, 0.2) is 24.5 Å². The first-order valence-corrected chi connectivity index (χ1v) is 5.26. The molecule has 2 heterocycles. The van der Waals surface area contributed by atoms with Gasteiger partial charge in [0.15, 0.2) is 0 Å². The van der Waals surface area contributed by atoms with Crippen LogP contribution in [0.3, 0.4) is 0 Å². The van der Waals surface area contributed by atoms with E-state index in [0.717, 1.165) is 5.56 Å². The Morgan fingerprint density at radius 3 is 2.53 bits per heavy atom. The number of hydrogen-bond acceptors (Lipinski definition) is 3. The van der Waals surface area contributed by atoms with Crippen LogP contribution in [0.25, 0.3) is 0 Å². The van der Waals surface area contributed by atoms with E-state index in [9.17, 15) is 4.79 Å². The highest BCUT2D eigenvalue weighted by molar-refractivity contribution is 5.90. The van der Waals surface area contributed by atoms with E-state index < -0.39 is 5.97 Å². The molecule has 0 aromatic carbocycles. The van der Waals surface area contributed by atoms with E-state index in [4.69, 9.17) is 5.11 Å². The van der Waals surface area contributed by atoms with Gasteiger partial charge >= 0.3 is 5.97 Å². The molecule has 0 saturated heterocycles. The number of pyridine rings is 1. The van der Waals surface area contributed by atoms with Crippen LogP contribution in [0.5, 0.6) is 0 Å². The maximum absolute atomic E-state index is 11.0. The lowest BCUT2D eigenvalue weighted by atomic mass is 10.2. The van der Waals surface area contributed by atoms with Crippen LogP contribution < -0.4 is 0 Å². The summed E-state index contributed by atoms with van der Waals surface area (Å²) in [6.45, 7) is 4.03. The average Bonchev–Trinajstić information content (AvgIpc) is 2.55. The summed E-state index contributed by atoms with van der Waals surface area (Å²) in [5.41, 5.74) is 2.55. The summed E-state index contributed by atoms with van der Waals surface area (Å²) in [5, 5.41) is 13.3. The summed E-state index contributed by atoms with van der Waals surface area (Å²) in [5.74, 6) is -0.930. The lowest BCUT2D eigenvalue weighted by Gasteiger charge is -2.04. The number of nitrogens with zero attached hydrogens (tertiary/aromatic N) is 3. The average molecular weight is 231 g/mol. The Labute approximate surface area is 98.7 Å². The Bertz CT molecular complexity index is 546. The van der Waals surface area contributed by atoms with E-state index in [1.165, 1.54) is 0 Å². The van der Waals surface area contributed by atoms with Crippen molar-refractivity contribution in [2.75, 3.05) is 0 Å². The molecule has 0 spiro atoms. The van der Waals surface area contributed by atoms with Crippen molar-refractivity contribution in [2.45, 2.75) is 20.4 Å². The Kier molecular flexibility index (Phi) is 2.91. The fourth-order valence-corrected chi connectivity index (χ4v) is 1.82. The molecule has 2 rings (SSSR count). The van der Waals surface area contributed by atoms with Crippen LogP contribution >= 0.6 is 0 Å². The van der Waals surface area contributed by atoms with Crippen molar-refractivity contribution in [1.82, 2.24) is 14.8 Å². The van der Waals surface area contributed by atoms with Gasteiger partial charge in [0.2, 0.25) is 0 Å². The second kappa shape index (κ2) is 4.37. The molecule has 0 unspecified atom stereocenters. The van der Waals surface area contributed by atoms with Crippen molar-refractivity contribution in [1.29, 1.82) is 0 Å². The number of aryl methyl sites for hydroxylation is 1. The predicted molar refractivity (Wildman–Crippen MR) is 62.0 cm³/mol. The maximum atomic E-state index is 11.0. The molecule has 2 aromatic rings. The van der Waals surface area contributed by atoms with E-state index in [2.05, 4.69) is 10.1 Å². The van der Waals surface area contributed by atoms with Crippen molar-refractivity contribution in [3.63, 3.8) is 0 Å². The summed E-state index contributed by atoms with van der Waals surface area (Å²) in [6, 6.07) is 3.77. The zero-order valence-electron chi connectivity index (χ0n) is 9.71. The largest absolute Gasteiger partial charge is 0.478 e. The molecular weight excluding hydrogens is 218 g/mol. The van der Waals surface area contributed by atoms with E-state index in [1.807, 2.05) is 12.1 Å². The van der Waals surface area contributed by atoms with Gasteiger partial charge in [0, 0.05) is 12.4 Å². The van der Waals surface area contributed by atoms with Gasteiger partial charge in [-0.25, -0.2) is 4.79 Å². The molecule has 0 radical (unpaired) electrons. The fraction of sp³-hybridized carbons (Fsp3) is 0.250. The van der Waals surface area contributed by atoms with Gasteiger partial charge in [-0.1, -0.05) is 0 Å². The van der Waals surface area contributed by atoms with Crippen molar-refractivity contribution in [3.05, 3.63) is 47.0 Å². The Morgan fingerprint density at radius 1 is 1.35 bits per heavy atom. The molecule has 88 valence electrons. The summed E-state index contributed by atoms with van der Waals surface area (Å²) < 4.78 is 1.70. The van der Waals surface area contributed by atoms with E-state index >= 15 is 0 Å². The van der Waals surface area contributed by atoms with Gasteiger partial charge in [-0.3, -0.25) is 9.67 Å². The van der Waals surface area contributed by atoms with Crippen LogP contribution in [0.4, 0.5) is 0 Å². The predicted octanol–water partition coefficient (Wildman–Crippen LogP) is 1.64. The van der Waals surface area contributed by atoms with E-state index in [-0.39, 0.29) is 0 Å². The van der Waals surface area contributed by atoms with Gasteiger partial charge in [-0.2, -0.15) is 5.10 Å². The minimum Gasteiger partial charge on any atom is -0.478 e. The van der Waals surface area contributed by atoms with Gasteiger partial charge in [0.25, 0.3) is 0 Å². The minimum absolute atomic E-state index is 0.291. The fourth-order valence-electron chi connectivity index (χ4n) is 1.82. The molecule has 0 amide bonds. The normalized spacial score (nSPS) is 10.5. The van der Waals surface area contributed by atoms with E-state index in [1.54, 1.807) is 30.9 Å². The van der Waals surface area contributed by atoms with Crippen LogP contribution in [-0.2, 0) is 6.54 Å². The monoisotopic (exact) mass is 231 g/mol. The molecule has 5 nitrogen and oxygen atoms in total. The first kappa shape index (κ1) is 11.3. The van der Waals surface area contributed by atoms with Crippen LogP contribution in [0, 0.1) is 13.8 Å². The lowest BCUT2D eigenvalue weighted by Crippen LogP contribution is -2.05. The molecule has 0 aliphatic carbocycles. The molecule has 2 aromatic heterocycles. The molecule has 17 heavy (non-hydrogen) atoms. The highest BCUT2D eigenvalue weighted by atomic mass is 16.4. The third kappa shape index (κ3) is 2.18. The molecule has 0 fully saturated rings. The third-order valence-corrected chi connectivity index (χ3v) is 2.68. The molecule has 1 N–H and O–H groups in total. The van der Waals surface area contributed by atoms with Crippen LogP contribution in [0.2, 0.25) is 0 Å². The van der Waals surface area contributed by atoms with Gasteiger partial charge in [-0.15, -0.1) is 0 Å². The Morgan fingerprint density at radius 2 is 2.00 bits per heavy atom. The number of aromatic nitrogens is 3. The highest BCUT2D eigenvalue weighted by Crippen LogP contribution is 2.14. The lowest BCUT2D eigenvalue weighted by molar-refractivity contribution is 0.0695. The first-order valence-electron chi connectivity index (χ1n) is 5.26. The number of rotatable bonds is 3. The van der Waals surface area contributed by atoms with Crippen molar-refractivity contribution >= 4 is 5.97 Å². The topological polar surface area (TPSA) is 68.0 Å². The number of hydrogen-bond donors (Lipinski definition) is 1. The molecule has 5 heteroatoms. The summed E-state index contributed by atoms with van der Waals surface area (Å²) in [7, 11) is 0. The smallest absolute Gasteiger partial charge is 0.339 e. The molecular formula is C12H13N3O2. The van der Waals surface area contributed by atoms with Gasteiger partial charge in [0.05, 0.1) is 17.9 Å². The second-order valence-corrected chi connectivity index (χ2v) is 3.86. The summed E-state index contributed by atoms with van der Waals surface area (Å²) in [6.07, 6.45) is 3.41. The molecule has 0 atom stereocenters. The Balaban J connectivity index is 2.35. The minimum atomic E-state index is -0.930. The maximum Gasteiger partial charge on any atom is 0.339 e. The van der Waals surface area contributed by atoms with Crippen LogP contribution in [-0.4, -0.2) is 25.8 Å². The number of aromatic carboxylic acids is 1. The van der Waals surface area contributed by atoms with Crippen molar-refractivity contribution in [3.8, 4) is 0 Å². The molecule has 0 aliphatic rings. The van der Waals surface area contributed by atoms with Crippen LogP contribution in [0.1, 0.15) is 27.3 Å². The quantitative estimate of drug-likeness (QED) is 0.871. The highest BCUT2D eigenvalue weighted by Gasteiger charge is 2.17. The van der Waals surface area contributed by atoms with Gasteiger partial charge in [-0.05, 0) is 31.5 Å². The van der Waals surface area contributed by atoms with Gasteiger partial charge in [0.1, 0.15) is 5.56 Å². The third-order valence-electron chi connectivity index (χ3n) is 2.68. The number of carboxylic acids is 1. The SMILES string of the molecule is Cc1nn(Cc2ccncc2)c(C)c1C(=O)O. The Hall–Kier alpha value is -2.17. The summed E-state index contributed by atoms with van der Waals surface area (Å²) >= 11 is 0. The zero-order chi connectivity index (χ0) is 12.4. The van der Waals surface area contributed by atoms with Gasteiger partial charge < -0.3 is 5.11 Å². The zero-order valence-corrected chi connectivity index (χ0v) is 9.71. The van der Waals surface area contributed by atoms with Crippen molar-refractivity contribution < 1.29 is 9.90 Å². The first-order chi connectivity index (χ1) is 8.09. The number of carboxylic acid groups (broad SMARTS) is 1.